The van der Waals surface area contributed by atoms with Crippen molar-refractivity contribution in [3.63, 3.8) is 0 Å². The van der Waals surface area contributed by atoms with Crippen molar-refractivity contribution < 1.29 is 19.4 Å². The maximum Gasteiger partial charge on any atom is 0.319 e. The van der Waals surface area contributed by atoms with Crippen LogP contribution in [-0.2, 0) is 14.3 Å². The predicted octanol–water partition coefficient (Wildman–Crippen LogP) is 1.03. The fourth-order valence-corrected chi connectivity index (χ4v) is 1.49. The fraction of sp³-hybridized carbons (Fsp3) is 0.833. The molecule has 1 amide bonds. The molecule has 0 spiro atoms. The summed E-state index contributed by atoms with van der Waals surface area (Å²) < 4.78 is 5.33. The van der Waals surface area contributed by atoms with E-state index in [1.54, 1.807) is 0 Å². The fourth-order valence-electron chi connectivity index (χ4n) is 1.49. The first-order valence-electron chi connectivity index (χ1n) is 6.08. The minimum atomic E-state index is -1.14. The van der Waals surface area contributed by atoms with Gasteiger partial charge in [-0.3, -0.25) is 9.59 Å². The van der Waals surface area contributed by atoms with Gasteiger partial charge in [0, 0.05) is 13.2 Å². The van der Waals surface area contributed by atoms with E-state index in [9.17, 15) is 9.59 Å². The van der Waals surface area contributed by atoms with Gasteiger partial charge >= 0.3 is 5.97 Å². The van der Waals surface area contributed by atoms with E-state index < -0.39 is 11.4 Å². The van der Waals surface area contributed by atoms with E-state index >= 15 is 0 Å². The highest BCUT2D eigenvalue weighted by Crippen LogP contribution is 2.45. The van der Waals surface area contributed by atoms with Crippen LogP contribution >= 0.6 is 0 Å². The average Bonchev–Trinajstić information content (AvgIpc) is 3.03. The summed E-state index contributed by atoms with van der Waals surface area (Å²) in [5.74, 6) is -0.792. The number of nitrogens with one attached hydrogen (secondary N) is 1. The van der Waals surface area contributed by atoms with Crippen LogP contribution in [-0.4, -0.2) is 36.7 Å². The molecule has 1 saturated carbocycles. The topological polar surface area (TPSA) is 75.6 Å². The molecule has 0 aromatic heterocycles. The van der Waals surface area contributed by atoms with Crippen molar-refractivity contribution in [2.24, 2.45) is 11.3 Å². The normalized spacial score (nSPS) is 16.9. The lowest BCUT2D eigenvalue weighted by Gasteiger charge is -2.11. The summed E-state index contributed by atoms with van der Waals surface area (Å²) in [5.41, 5.74) is -1.14. The second-order valence-electron chi connectivity index (χ2n) is 4.94. The van der Waals surface area contributed by atoms with Gasteiger partial charge in [0.25, 0.3) is 0 Å². The largest absolute Gasteiger partial charge is 0.480 e. The van der Waals surface area contributed by atoms with Gasteiger partial charge in [0.05, 0.1) is 6.61 Å². The van der Waals surface area contributed by atoms with Crippen molar-refractivity contribution in [2.45, 2.75) is 33.1 Å². The quantitative estimate of drug-likeness (QED) is 0.493. The lowest BCUT2D eigenvalue weighted by molar-refractivity contribution is -0.149. The Bertz CT molecular complexity index is 284. The second-order valence-corrected chi connectivity index (χ2v) is 4.94. The molecule has 0 heterocycles. The van der Waals surface area contributed by atoms with Crippen LogP contribution < -0.4 is 5.32 Å². The molecule has 0 saturated heterocycles. The first-order valence-corrected chi connectivity index (χ1v) is 6.08. The molecule has 0 aromatic carbocycles. The molecule has 0 bridgehead atoms. The second kappa shape index (κ2) is 6.00. The van der Waals surface area contributed by atoms with Gasteiger partial charge in [-0.05, 0) is 25.2 Å². The molecular weight excluding hydrogens is 222 g/mol. The predicted molar refractivity (Wildman–Crippen MR) is 62.6 cm³/mol. The zero-order valence-corrected chi connectivity index (χ0v) is 10.5. The van der Waals surface area contributed by atoms with Gasteiger partial charge in [0.2, 0.25) is 5.91 Å². The third-order valence-corrected chi connectivity index (χ3v) is 2.97. The third kappa shape index (κ3) is 4.00. The van der Waals surface area contributed by atoms with E-state index in [0.717, 1.165) is 6.42 Å². The molecule has 1 fully saturated rings. The summed E-state index contributed by atoms with van der Waals surface area (Å²) in [4.78, 5) is 22.4. The molecule has 2 N–H and O–H groups in total. The molecule has 0 aromatic rings. The van der Waals surface area contributed by atoms with Gasteiger partial charge in [-0.25, -0.2) is 0 Å². The van der Waals surface area contributed by atoms with E-state index in [1.807, 2.05) is 0 Å². The standard InChI is InChI=1S/C12H21NO4/c1-9(2)3-7-17-8-6-13-10(14)12(4-5-12)11(15)16/h9H,3-8H2,1-2H3,(H,13,14)(H,15,16). The van der Waals surface area contributed by atoms with Crippen LogP contribution in [0.25, 0.3) is 0 Å². The number of carboxylic acid groups (broad SMARTS) is 1. The molecule has 1 rings (SSSR count). The molecule has 5 nitrogen and oxygen atoms in total. The highest BCUT2D eigenvalue weighted by Gasteiger charge is 2.56. The van der Waals surface area contributed by atoms with Crippen LogP contribution in [0.15, 0.2) is 0 Å². The Morgan fingerprint density at radius 2 is 2.00 bits per heavy atom. The molecule has 0 aliphatic heterocycles. The minimum absolute atomic E-state index is 0.377. The molecule has 98 valence electrons. The summed E-state index contributed by atoms with van der Waals surface area (Å²) in [5, 5.41) is 11.5. The van der Waals surface area contributed by atoms with Crippen molar-refractivity contribution in [3.05, 3.63) is 0 Å². The number of carboxylic acids is 1. The number of hydrogen-bond donors (Lipinski definition) is 2. The van der Waals surface area contributed by atoms with E-state index in [0.29, 0.717) is 38.5 Å². The first kappa shape index (κ1) is 14.0. The van der Waals surface area contributed by atoms with Gasteiger partial charge in [-0.15, -0.1) is 0 Å². The van der Waals surface area contributed by atoms with Crippen molar-refractivity contribution in [2.75, 3.05) is 19.8 Å². The Labute approximate surface area is 102 Å². The zero-order valence-electron chi connectivity index (χ0n) is 10.5. The summed E-state index contributed by atoms with van der Waals surface area (Å²) in [6.45, 7) is 5.74. The van der Waals surface area contributed by atoms with E-state index in [2.05, 4.69) is 19.2 Å². The molecule has 1 aliphatic carbocycles. The molecule has 1 aliphatic rings. The van der Waals surface area contributed by atoms with Gasteiger partial charge in [0.1, 0.15) is 5.41 Å². The van der Waals surface area contributed by atoms with Gasteiger partial charge in [-0.2, -0.15) is 0 Å². The Morgan fingerprint density at radius 1 is 1.35 bits per heavy atom. The van der Waals surface area contributed by atoms with Gasteiger partial charge < -0.3 is 15.2 Å². The molecule has 0 unspecified atom stereocenters. The van der Waals surface area contributed by atoms with Crippen LogP contribution in [0.1, 0.15) is 33.1 Å². The summed E-state index contributed by atoms with van der Waals surface area (Å²) in [6, 6.07) is 0. The summed E-state index contributed by atoms with van der Waals surface area (Å²) in [7, 11) is 0. The Kier molecular flexibility index (Phi) is 4.93. The lowest BCUT2D eigenvalue weighted by atomic mass is 10.1. The molecule has 17 heavy (non-hydrogen) atoms. The number of ether oxygens (including phenoxy) is 1. The van der Waals surface area contributed by atoms with Gasteiger partial charge in [0.15, 0.2) is 0 Å². The number of carbonyl (C=O) groups excluding carboxylic acids is 1. The molecule has 5 heteroatoms. The smallest absolute Gasteiger partial charge is 0.319 e. The number of carbonyl (C=O) groups is 2. The van der Waals surface area contributed by atoms with Crippen LogP contribution in [0.5, 0.6) is 0 Å². The van der Waals surface area contributed by atoms with Crippen LogP contribution in [0.2, 0.25) is 0 Å². The maximum atomic E-state index is 11.6. The molecule has 0 atom stereocenters. The van der Waals surface area contributed by atoms with Crippen LogP contribution in [0, 0.1) is 11.3 Å². The zero-order chi connectivity index (χ0) is 12.9. The van der Waals surface area contributed by atoms with Crippen molar-refractivity contribution in [3.8, 4) is 0 Å². The number of rotatable bonds is 8. The van der Waals surface area contributed by atoms with Crippen molar-refractivity contribution in [1.29, 1.82) is 0 Å². The van der Waals surface area contributed by atoms with Gasteiger partial charge in [-0.1, -0.05) is 13.8 Å². The van der Waals surface area contributed by atoms with Crippen molar-refractivity contribution in [1.82, 2.24) is 5.32 Å². The maximum absolute atomic E-state index is 11.6. The monoisotopic (exact) mass is 243 g/mol. The SMILES string of the molecule is CC(C)CCOCCNC(=O)C1(C(=O)O)CC1. The summed E-state index contributed by atoms with van der Waals surface area (Å²) >= 11 is 0. The summed E-state index contributed by atoms with van der Waals surface area (Å²) in [6.07, 6.45) is 1.89. The highest BCUT2D eigenvalue weighted by molar-refractivity contribution is 6.04. The Balaban J connectivity index is 2.07. The minimum Gasteiger partial charge on any atom is -0.480 e. The Morgan fingerprint density at radius 3 is 2.47 bits per heavy atom. The van der Waals surface area contributed by atoms with E-state index in [4.69, 9.17) is 9.84 Å². The third-order valence-electron chi connectivity index (χ3n) is 2.97. The number of aliphatic carboxylic acids is 1. The van der Waals surface area contributed by atoms with Crippen molar-refractivity contribution >= 4 is 11.9 Å². The van der Waals surface area contributed by atoms with Crippen LogP contribution in [0.3, 0.4) is 0 Å². The molecule has 0 radical (unpaired) electrons. The number of amides is 1. The lowest BCUT2D eigenvalue weighted by Crippen LogP contribution is -2.38. The van der Waals surface area contributed by atoms with E-state index in [-0.39, 0.29) is 5.91 Å². The highest BCUT2D eigenvalue weighted by atomic mass is 16.5. The first-order chi connectivity index (χ1) is 7.99. The Hall–Kier alpha value is -1.10. The average molecular weight is 243 g/mol. The molecular formula is C12H21NO4. The number of hydrogen-bond acceptors (Lipinski definition) is 3. The van der Waals surface area contributed by atoms with Crippen LogP contribution in [0.4, 0.5) is 0 Å². The van der Waals surface area contributed by atoms with E-state index in [1.165, 1.54) is 0 Å².